The van der Waals surface area contributed by atoms with Crippen molar-refractivity contribution in [2.24, 2.45) is 5.92 Å². The van der Waals surface area contributed by atoms with Crippen LogP contribution in [0, 0.1) is 5.92 Å². The first-order valence-electron chi connectivity index (χ1n) is 13.0. The van der Waals surface area contributed by atoms with Crippen molar-refractivity contribution in [2.45, 2.75) is 90.4 Å². The summed E-state index contributed by atoms with van der Waals surface area (Å²) in [7, 11) is 0. The van der Waals surface area contributed by atoms with Gasteiger partial charge < -0.3 is 9.80 Å². The number of carbonyl (C=O) groups is 1. The summed E-state index contributed by atoms with van der Waals surface area (Å²) in [4.78, 5) is 30.6. The van der Waals surface area contributed by atoms with Gasteiger partial charge in [-0.05, 0) is 50.5 Å². The summed E-state index contributed by atoms with van der Waals surface area (Å²) in [5, 5.41) is 1.33. The number of thiophene rings is 1. The van der Waals surface area contributed by atoms with Gasteiger partial charge in [-0.25, -0.2) is 9.97 Å². The number of nitrogens with zero attached hydrogens (tertiary/aromatic N) is 4. The van der Waals surface area contributed by atoms with Gasteiger partial charge in [0.05, 0.1) is 5.39 Å². The second-order valence-electron chi connectivity index (χ2n) is 10.1. The van der Waals surface area contributed by atoms with Crippen LogP contribution in [0.1, 0.15) is 93.8 Å². The molecule has 2 fully saturated rings. The summed E-state index contributed by atoms with van der Waals surface area (Å²) >= 11 is 1.92. The first-order chi connectivity index (χ1) is 15.7. The van der Waals surface area contributed by atoms with Gasteiger partial charge in [-0.3, -0.25) is 4.79 Å². The van der Waals surface area contributed by atoms with E-state index >= 15 is 0 Å². The predicted molar refractivity (Wildman–Crippen MR) is 133 cm³/mol. The number of fused-ring (bicyclic) bond motifs is 3. The molecule has 1 saturated carbocycles. The monoisotopic (exact) mass is 454 g/mol. The van der Waals surface area contributed by atoms with Crippen molar-refractivity contribution in [3.63, 3.8) is 0 Å². The van der Waals surface area contributed by atoms with Crippen LogP contribution in [0.4, 0.5) is 5.82 Å². The van der Waals surface area contributed by atoms with E-state index in [9.17, 15) is 4.79 Å². The third kappa shape index (κ3) is 4.27. The highest BCUT2D eigenvalue weighted by Gasteiger charge is 2.31. The summed E-state index contributed by atoms with van der Waals surface area (Å²) in [5.74, 6) is 3.18. The van der Waals surface area contributed by atoms with Gasteiger partial charge in [-0.1, -0.05) is 39.5 Å². The molecule has 1 saturated heterocycles. The first kappa shape index (κ1) is 22.1. The quantitative estimate of drug-likeness (QED) is 0.556. The average Bonchev–Trinajstić information content (AvgIpc) is 3.03. The lowest BCUT2D eigenvalue weighted by molar-refractivity contribution is -0.136. The normalized spacial score (nSPS) is 21.4. The van der Waals surface area contributed by atoms with Crippen LogP contribution in [0.15, 0.2) is 0 Å². The summed E-state index contributed by atoms with van der Waals surface area (Å²) in [5.41, 5.74) is 1.52. The number of piperazine rings is 1. The molecule has 0 spiro atoms. The number of aryl methyl sites for hydroxylation is 2. The molecule has 2 aliphatic carbocycles. The Hall–Kier alpha value is -1.69. The van der Waals surface area contributed by atoms with Crippen LogP contribution >= 0.6 is 11.3 Å². The summed E-state index contributed by atoms with van der Waals surface area (Å²) < 4.78 is 0. The van der Waals surface area contributed by atoms with Crippen molar-refractivity contribution in [3.05, 3.63) is 16.3 Å². The third-order valence-corrected chi connectivity index (χ3v) is 9.15. The van der Waals surface area contributed by atoms with Crippen molar-refractivity contribution in [3.8, 4) is 0 Å². The van der Waals surface area contributed by atoms with Gasteiger partial charge in [0.15, 0.2) is 0 Å². The van der Waals surface area contributed by atoms with E-state index in [1.165, 1.54) is 60.7 Å². The molecule has 3 aliphatic rings. The molecular weight excluding hydrogens is 416 g/mol. The second-order valence-corrected chi connectivity index (χ2v) is 11.2. The van der Waals surface area contributed by atoms with Crippen LogP contribution < -0.4 is 4.90 Å². The maximum atomic E-state index is 13.1. The van der Waals surface area contributed by atoms with Gasteiger partial charge in [0.25, 0.3) is 0 Å². The molecule has 174 valence electrons. The molecule has 0 N–H and O–H groups in total. The molecule has 6 heteroatoms. The van der Waals surface area contributed by atoms with Crippen molar-refractivity contribution in [2.75, 3.05) is 31.1 Å². The fraction of sp³-hybridized carbons (Fsp3) is 0.731. The van der Waals surface area contributed by atoms with E-state index in [-0.39, 0.29) is 5.92 Å². The Labute approximate surface area is 196 Å². The van der Waals surface area contributed by atoms with Gasteiger partial charge in [-0.15, -0.1) is 11.3 Å². The van der Waals surface area contributed by atoms with E-state index < -0.39 is 0 Å². The van der Waals surface area contributed by atoms with Crippen LogP contribution in [-0.2, 0) is 17.6 Å². The number of anilines is 1. The highest BCUT2D eigenvalue weighted by molar-refractivity contribution is 7.19. The van der Waals surface area contributed by atoms with Gasteiger partial charge in [0, 0.05) is 42.9 Å². The lowest BCUT2D eigenvalue weighted by Gasteiger charge is -2.38. The summed E-state index contributed by atoms with van der Waals surface area (Å²) in [6.45, 7) is 7.88. The van der Waals surface area contributed by atoms with E-state index in [1.54, 1.807) is 4.88 Å². The predicted octanol–water partition coefficient (Wildman–Crippen LogP) is 5.70. The fourth-order valence-electron chi connectivity index (χ4n) is 5.71. The van der Waals surface area contributed by atoms with Crippen LogP contribution in [0.5, 0.6) is 0 Å². The van der Waals surface area contributed by atoms with Crippen molar-refractivity contribution >= 4 is 33.3 Å². The van der Waals surface area contributed by atoms with Gasteiger partial charge in [-0.2, -0.15) is 0 Å². The Balaban J connectivity index is 1.42. The number of amides is 1. The fourth-order valence-corrected chi connectivity index (χ4v) is 6.97. The lowest BCUT2D eigenvalue weighted by atomic mass is 9.88. The molecule has 32 heavy (non-hydrogen) atoms. The zero-order valence-corrected chi connectivity index (χ0v) is 20.7. The summed E-state index contributed by atoms with van der Waals surface area (Å²) in [6, 6.07) is 0. The highest BCUT2D eigenvalue weighted by atomic mass is 32.1. The second kappa shape index (κ2) is 9.66. The average molecular weight is 455 g/mol. The highest BCUT2D eigenvalue weighted by Crippen LogP contribution is 2.40. The van der Waals surface area contributed by atoms with Crippen molar-refractivity contribution in [1.29, 1.82) is 0 Å². The van der Waals surface area contributed by atoms with Crippen LogP contribution in [-0.4, -0.2) is 47.0 Å². The SMILES string of the molecule is CCC(C)c1nc(N2CCN(C(=O)C3CCCCC3)CC2)c2c3c(sc2n1)CCCCC3. The molecule has 5 nitrogen and oxygen atoms in total. The molecule has 2 aromatic heterocycles. The minimum Gasteiger partial charge on any atom is -0.352 e. The van der Waals surface area contributed by atoms with E-state index in [1.807, 2.05) is 11.3 Å². The Bertz CT molecular complexity index is 956. The Morgan fingerprint density at radius 1 is 1.00 bits per heavy atom. The molecule has 0 radical (unpaired) electrons. The van der Waals surface area contributed by atoms with Crippen LogP contribution in [0.3, 0.4) is 0 Å². The molecule has 1 amide bonds. The molecule has 0 bridgehead atoms. The number of rotatable bonds is 4. The van der Waals surface area contributed by atoms with E-state index in [2.05, 4.69) is 23.6 Å². The molecule has 5 rings (SSSR count). The Morgan fingerprint density at radius 2 is 1.72 bits per heavy atom. The Morgan fingerprint density at radius 3 is 2.47 bits per heavy atom. The molecule has 0 aromatic carbocycles. The van der Waals surface area contributed by atoms with Crippen molar-refractivity contribution in [1.82, 2.24) is 14.9 Å². The molecule has 2 aromatic rings. The zero-order chi connectivity index (χ0) is 22.1. The molecule has 1 unspecified atom stereocenters. The van der Waals surface area contributed by atoms with Gasteiger partial charge in [0.2, 0.25) is 5.91 Å². The first-order valence-corrected chi connectivity index (χ1v) is 13.8. The molecule has 1 aliphatic heterocycles. The largest absolute Gasteiger partial charge is 0.352 e. The van der Waals surface area contributed by atoms with Gasteiger partial charge in [0.1, 0.15) is 16.5 Å². The number of hydrogen-bond acceptors (Lipinski definition) is 5. The standard InChI is InChI=1S/C26H38N4OS/c1-3-18(2)23-27-24(22-20-12-8-5-9-13-21(20)32-25(22)28-23)29-14-16-30(17-15-29)26(31)19-10-6-4-7-11-19/h18-19H,3-17H2,1-2H3. The number of hydrogen-bond donors (Lipinski definition) is 0. The minimum atomic E-state index is 0.269. The minimum absolute atomic E-state index is 0.269. The number of carbonyl (C=O) groups excluding carboxylic acids is 1. The zero-order valence-electron chi connectivity index (χ0n) is 19.9. The van der Waals surface area contributed by atoms with E-state index in [0.717, 1.165) is 63.5 Å². The van der Waals surface area contributed by atoms with Gasteiger partial charge >= 0.3 is 0 Å². The van der Waals surface area contributed by atoms with Crippen LogP contribution in [0.2, 0.25) is 0 Å². The molecular formula is C26H38N4OS. The maximum absolute atomic E-state index is 13.1. The number of aromatic nitrogens is 2. The Kier molecular flexibility index (Phi) is 6.68. The molecule has 1 atom stereocenters. The van der Waals surface area contributed by atoms with Crippen LogP contribution in [0.25, 0.3) is 10.2 Å². The van der Waals surface area contributed by atoms with E-state index in [0.29, 0.717) is 11.8 Å². The van der Waals surface area contributed by atoms with Crippen molar-refractivity contribution < 1.29 is 4.79 Å². The smallest absolute Gasteiger partial charge is 0.225 e. The van der Waals surface area contributed by atoms with E-state index in [4.69, 9.17) is 9.97 Å². The lowest BCUT2D eigenvalue weighted by Crippen LogP contribution is -2.51. The third-order valence-electron chi connectivity index (χ3n) is 7.96. The topological polar surface area (TPSA) is 49.3 Å². The summed E-state index contributed by atoms with van der Waals surface area (Å²) in [6.07, 6.45) is 13.2. The molecule has 3 heterocycles. The maximum Gasteiger partial charge on any atom is 0.225 e.